The molecule has 2 rings (SSSR count). The van der Waals surface area contributed by atoms with Crippen LogP contribution in [-0.2, 0) is 9.53 Å². The van der Waals surface area contributed by atoms with Crippen molar-refractivity contribution in [1.82, 2.24) is 16.2 Å². The Morgan fingerprint density at radius 1 is 1.43 bits per heavy atom. The number of benzene rings is 1. The van der Waals surface area contributed by atoms with Crippen LogP contribution in [0.25, 0.3) is 0 Å². The van der Waals surface area contributed by atoms with Crippen molar-refractivity contribution in [2.24, 2.45) is 4.99 Å². The van der Waals surface area contributed by atoms with Crippen molar-refractivity contribution >= 4 is 18.2 Å². The van der Waals surface area contributed by atoms with Crippen molar-refractivity contribution in [1.29, 1.82) is 0 Å². The van der Waals surface area contributed by atoms with E-state index in [9.17, 15) is 14.7 Å². The topological polar surface area (TPSA) is 112 Å². The smallest absolute Gasteiger partial charge is 0.305 e. The normalized spacial score (nSPS) is 19.9. The van der Waals surface area contributed by atoms with Crippen LogP contribution in [0, 0.1) is 0 Å². The lowest BCUT2D eigenvalue weighted by Crippen LogP contribution is -2.57. The predicted molar refractivity (Wildman–Crippen MR) is 74.3 cm³/mol. The van der Waals surface area contributed by atoms with Gasteiger partial charge in [-0.2, -0.15) is 5.43 Å². The van der Waals surface area contributed by atoms with Crippen LogP contribution in [0.4, 0.5) is 0 Å². The molecule has 1 aromatic carbocycles. The lowest BCUT2D eigenvalue weighted by atomic mass is 10.1. The van der Waals surface area contributed by atoms with E-state index < -0.39 is 17.7 Å². The summed E-state index contributed by atoms with van der Waals surface area (Å²) in [6.07, 6.45) is 1.65. The highest BCUT2D eigenvalue weighted by molar-refractivity contribution is 5.97. The number of aromatic hydroxyl groups is 1. The van der Waals surface area contributed by atoms with Crippen LogP contribution in [0.5, 0.6) is 5.75 Å². The number of hydrogen-bond donors (Lipinski definition) is 4. The van der Waals surface area contributed by atoms with Crippen LogP contribution in [0.2, 0.25) is 0 Å². The van der Waals surface area contributed by atoms with Gasteiger partial charge in [0.15, 0.2) is 0 Å². The Kier molecular flexibility index (Phi) is 4.39. The van der Waals surface area contributed by atoms with Crippen LogP contribution < -0.4 is 16.2 Å². The fourth-order valence-corrected chi connectivity index (χ4v) is 1.89. The summed E-state index contributed by atoms with van der Waals surface area (Å²) < 4.78 is 4.57. The minimum atomic E-state index is -1.16. The maximum atomic E-state index is 12.2. The maximum Gasteiger partial charge on any atom is 0.305 e. The van der Waals surface area contributed by atoms with Gasteiger partial charge in [0, 0.05) is 6.42 Å². The molecule has 21 heavy (non-hydrogen) atoms. The molecule has 1 aliphatic heterocycles. The molecular formula is C13H16N4O4. The van der Waals surface area contributed by atoms with Gasteiger partial charge >= 0.3 is 5.97 Å². The summed E-state index contributed by atoms with van der Waals surface area (Å²) in [5, 5.41) is 12.3. The minimum Gasteiger partial charge on any atom is -0.507 e. The van der Waals surface area contributed by atoms with E-state index in [4.69, 9.17) is 0 Å². The summed E-state index contributed by atoms with van der Waals surface area (Å²) in [5.41, 5.74) is 5.56. The molecule has 4 N–H and O–H groups in total. The van der Waals surface area contributed by atoms with Crippen LogP contribution in [-0.4, -0.2) is 36.2 Å². The number of methoxy groups -OCH3 is 1. The number of para-hydroxylation sites is 1. The molecule has 0 radical (unpaired) electrons. The molecule has 0 spiro atoms. The first-order chi connectivity index (χ1) is 10.1. The van der Waals surface area contributed by atoms with Crippen molar-refractivity contribution in [3.05, 3.63) is 29.8 Å². The molecule has 0 saturated heterocycles. The highest BCUT2D eigenvalue weighted by Gasteiger charge is 2.34. The molecule has 0 aromatic heterocycles. The fourth-order valence-electron chi connectivity index (χ4n) is 1.89. The first-order valence-electron chi connectivity index (χ1n) is 6.30. The average molecular weight is 292 g/mol. The molecule has 0 aliphatic carbocycles. The van der Waals surface area contributed by atoms with E-state index in [1.165, 1.54) is 25.6 Å². The second-order valence-corrected chi connectivity index (χ2v) is 4.44. The third-order valence-corrected chi connectivity index (χ3v) is 3.02. The van der Waals surface area contributed by atoms with E-state index in [0.29, 0.717) is 0 Å². The molecule has 0 fully saturated rings. The van der Waals surface area contributed by atoms with Crippen LogP contribution >= 0.6 is 0 Å². The molecule has 8 nitrogen and oxygen atoms in total. The molecule has 0 saturated carbocycles. The number of hydrogen-bond acceptors (Lipinski definition) is 7. The number of rotatable bonds is 5. The third-order valence-electron chi connectivity index (χ3n) is 3.02. The molecule has 1 heterocycles. The van der Waals surface area contributed by atoms with Crippen molar-refractivity contribution in [2.75, 3.05) is 7.11 Å². The number of amides is 1. The number of phenols is 1. The van der Waals surface area contributed by atoms with Gasteiger partial charge in [0.05, 0.1) is 19.1 Å². The fraction of sp³-hybridized carbons (Fsp3) is 0.308. The highest BCUT2D eigenvalue weighted by Crippen LogP contribution is 2.19. The summed E-state index contributed by atoms with van der Waals surface area (Å²) in [5.74, 6) is -2.21. The van der Waals surface area contributed by atoms with Crippen LogP contribution in [0.3, 0.4) is 0 Å². The maximum absolute atomic E-state index is 12.2. The summed E-state index contributed by atoms with van der Waals surface area (Å²) in [6.45, 7) is 0. The molecule has 0 bridgehead atoms. The Balaban J connectivity index is 2.10. The Morgan fingerprint density at radius 3 is 2.81 bits per heavy atom. The molecule has 112 valence electrons. The summed E-state index contributed by atoms with van der Waals surface area (Å²) in [6, 6.07) is 6.16. The van der Waals surface area contributed by atoms with Gasteiger partial charge in [-0.1, -0.05) is 12.1 Å². The van der Waals surface area contributed by atoms with Gasteiger partial charge in [0.2, 0.25) is 5.79 Å². The minimum absolute atomic E-state index is 0.0730. The number of aliphatic imine (C=N–C) groups is 1. The number of carbonyl (C=O) groups excluding carboxylic acids is 2. The zero-order chi connectivity index (χ0) is 15.3. The van der Waals surface area contributed by atoms with Gasteiger partial charge in [0.1, 0.15) is 12.1 Å². The van der Waals surface area contributed by atoms with Gasteiger partial charge in [-0.3, -0.25) is 9.59 Å². The number of esters is 1. The molecule has 8 heteroatoms. The molecule has 1 aliphatic rings. The number of hydrazine groups is 1. The first kappa shape index (κ1) is 14.8. The number of nitrogens with zero attached hydrogens (tertiary/aromatic N) is 1. The molecule has 1 atom stereocenters. The van der Waals surface area contributed by atoms with E-state index in [-0.39, 0.29) is 24.2 Å². The Bertz CT molecular complexity index is 575. The largest absolute Gasteiger partial charge is 0.507 e. The average Bonchev–Trinajstić information content (AvgIpc) is 2.94. The Labute approximate surface area is 121 Å². The van der Waals surface area contributed by atoms with Crippen molar-refractivity contribution in [2.45, 2.75) is 18.6 Å². The van der Waals surface area contributed by atoms with Crippen LogP contribution in [0.1, 0.15) is 23.2 Å². The van der Waals surface area contributed by atoms with E-state index in [0.717, 1.165) is 0 Å². The third kappa shape index (κ3) is 3.48. The van der Waals surface area contributed by atoms with Gasteiger partial charge in [0.25, 0.3) is 5.91 Å². The zero-order valence-corrected chi connectivity index (χ0v) is 11.4. The summed E-state index contributed by atoms with van der Waals surface area (Å²) in [4.78, 5) is 27.6. The SMILES string of the molecule is COC(=O)CCC1(NC(=O)c2ccccc2O)N=CNN1. The Hall–Kier alpha value is -2.61. The number of carbonyl (C=O) groups is 2. The first-order valence-corrected chi connectivity index (χ1v) is 6.30. The molecule has 1 unspecified atom stereocenters. The molecule has 1 amide bonds. The lowest BCUT2D eigenvalue weighted by molar-refractivity contribution is -0.141. The van der Waals surface area contributed by atoms with E-state index in [1.807, 2.05) is 0 Å². The van der Waals surface area contributed by atoms with Crippen molar-refractivity contribution < 1.29 is 19.4 Å². The lowest BCUT2D eigenvalue weighted by Gasteiger charge is -2.27. The van der Waals surface area contributed by atoms with Gasteiger partial charge in [-0.15, -0.1) is 0 Å². The van der Waals surface area contributed by atoms with Crippen molar-refractivity contribution in [3.63, 3.8) is 0 Å². The van der Waals surface area contributed by atoms with Crippen LogP contribution in [0.15, 0.2) is 29.3 Å². The van der Waals surface area contributed by atoms with E-state index in [2.05, 4.69) is 25.9 Å². The Morgan fingerprint density at radius 2 is 2.19 bits per heavy atom. The number of ether oxygens (including phenoxy) is 1. The summed E-state index contributed by atoms with van der Waals surface area (Å²) in [7, 11) is 1.29. The highest BCUT2D eigenvalue weighted by atomic mass is 16.5. The van der Waals surface area contributed by atoms with Gasteiger partial charge in [-0.25, -0.2) is 4.99 Å². The van der Waals surface area contributed by atoms with Gasteiger partial charge in [-0.05, 0) is 12.1 Å². The molecular weight excluding hydrogens is 276 g/mol. The summed E-state index contributed by atoms with van der Waals surface area (Å²) >= 11 is 0. The number of phenolic OH excluding ortho intramolecular Hbond substituents is 1. The van der Waals surface area contributed by atoms with E-state index in [1.54, 1.807) is 12.1 Å². The second kappa shape index (κ2) is 6.23. The monoisotopic (exact) mass is 292 g/mol. The predicted octanol–water partition coefficient (Wildman–Crippen LogP) is -0.135. The number of nitrogens with one attached hydrogen (secondary N) is 3. The molecule has 1 aromatic rings. The standard InChI is InChI=1S/C13H16N4O4/c1-21-11(19)6-7-13(14-8-15-17-13)16-12(20)9-4-2-3-5-10(9)18/h2-5,8,17-18H,6-7H2,1H3,(H,14,15)(H,16,20). The zero-order valence-electron chi connectivity index (χ0n) is 11.4. The van der Waals surface area contributed by atoms with E-state index >= 15 is 0 Å². The van der Waals surface area contributed by atoms with Gasteiger partial charge < -0.3 is 20.6 Å². The second-order valence-electron chi connectivity index (χ2n) is 4.44. The van der Waals surface area contributed by atoms with Crippen molar-refractivity contribution in [3.8, 4) is 5.75 Å². The quantitative estimate of drug-likeness (QED) is 0.562.